The molecule has 0 unspecified atom stereocenters. The second-order valence-corrected chi connectivity index (χ2v) is 9.01. The van der Waals surface area contributed by atoms with Gasteiger partial charge in [-0.15, -0.1) is 0 Å². The molecule has 4 N–H and O–H groups in total. The van der Waals surface area contributed by atoms with Gasteiger partial charge >= 0.3 is 37.1 Å². The summed E-state index contributed by atoms with van der Waals surface area (Å²) in [5, 5.41) is 34.8. The standard InChI is InChI=1S/2C12H12N2O2.2CH4O.2H2O4S.2O.2V/c2*1-16-12(15,10-6-2-4-8-13-10)11-7-3-5-9-14-11;2*1-2;2*1-5(2,3)4;;;;/h2*2-9,15H,1H3;2*2H,1H3;2*(H2,1,2,3,4);;;;/q;;;;;;2*-2;2*+4/p-4. The van der Waals surface area contributed by atoms with Gasteiger partial charge in [0.1, 0.15) is 22.8 Å². The van der Waals surface area contributed by atoms with E-state index in [9.17, 15) is 10.2 Å². The summed E-state index contributed by atoms with van der Waals surface area (Å²) in [6.07, 6.45) is 6.40. The Morgan fingerprint density at radius 1 is 0.500 bits per heavy atom. The minimum absolute atomic E-state index is 0. The molecule has 0 atom stereocenters. The fourth-order valence-electron chi connectivity index (χ4n) is 2.93. The maximum absolute atomic E-state index is 10.4. The third-order valence-corrected chi connectivity index (χ3v) is 4.64. The molecule has 0 aliphatic carbocycles. The third kappa shape index (κ3) is 25.2. The van der Waals surface area contributed by atoms with Gasteiger partial charge in [-0.25, -0.2) is 0 Å². The van der Waals surface area contributed by atoms with Crippen LogP contribution in [0.4, 0.5) is 0 Å². The maximum Gasteiger partial charge on any atom is 4.00 e. The fourth-order valence-corrected chi connectivity index (χ4v) is 2.93. The molecule has 0 bridgehead atoms. The molecular formula is C26H32N4O16S2V2. The van der Waals surface area contributed by atoms with Gasteiger partial charge in [-0.3, -0.25) is 36.8 Å². The van der Waals surface area contributed by atoms with E-state index in [2.05, 4.69) is 19.9 Å². The van der Waals surface area contributed by atoms with Crippen LogP contribution < -0.4 is 0 Å². The number of aliphatic hydroxyl groups excluding tert-OH is 2. The third-order valence-electron chi connectivity index (χ3n) is 4.64. The number of methoxy groups -OCH3 is 2. The molecule has 0 saturated heterocycles. The Morgan fingerprint density at radius 2 is 0.660 bits per heavy atom. The van der Waals surface area contributed by atoms with Crippen LogP contribution >= 0.6 is 0 Å². The Morgan fingerprint density at radius 3 is 0.760 bits per heavy atom. The average Bonchev–Trinajstić information content (AvgIpc) is 3.06. The van der Waals surface area contributed by atoms with Crippen molar-refractivity contribution in [3.05, 3.63) is 120 Å². The summed E-state index contributed by atoms with van der Waals surface area (Å²) in [6, 6.07) is 21.0. The van der Waals surface area contributed by atoms with Crippen molar-refractivity contribution in [3.63, 3.8) is 0 Å². The molecule has 4 rings (SSSR count). The van der Waals surface area contributed by atoms with Crippen molar-refractivity contribution in [2.45, 2.75) is 11.6 Å². The van der Waals surface area contributed by atoms with Crippen molar-refractivity contribution in [2.75, 3.05) is 28.4 Å². The summed E-state index contributed by atoms with van der Waals surface area (Å²) in [5.74, 6) is -3.19. The SMILES string of the molecule is CO.CO.COC(O)(c1ccccn1)c1ccccn1.COC(O)(c1ccccn1)c1ccccn1.O=S(=O)([O-])[O-].O=S(=O)([O-])[O-].[O-2].[O-2].[V+4].[V+4]. The molecule has 0 aromatic carbocycles. The Balaban J connectivity index is -0.000000134. The van der Waals surface area contributed by atoms with Crippen molar-refractivity contribution >= 4 is 20.8 Å². The van der Waals surface area contributed by atoms with Crippen LogP contribution in [0.2, 0.25) is 0 Å². The topological polar surface area (TPSA) is 368 Å². The van der Waals surface area contributed by atoms with E-state index in [1.807, 2.05) is 0 Å². The van der Waals surface area contributed by atoms with Crippen LogP contribution in [0.3, 0.4) is 0 Å². The maximum atomic E-state index is 10.4. The molecule has 4 aromatic heterocycles. The molecule has 0 spiro atoms. The molecule has 0 aliphatic heterocycles. The number of ether oxygens (including phenoxy) is 2. The molecule has 0 amide bonds. The second-order valence-electron chi connectivity index (χ2n) is 7.37. The predicted molar refractivity (Wildman–Crippen MR) is 156 cm³/mol. The van der Waals surface area contributed by atoms with Crippen LogP contribution in [0.1, 0.15) is 22.8 Å². The Bertz CT molecular complexity index is 1340. The van der Waals surface area contributed by atoms with Gasteiger partial charge in [0.05, 0.1) is 0 Å². The van der Waals surface area contributed by atoms with E-state index in [4.69, 9.17) is 54.7 Å². The van der Waals surface area contributed by atoms with E-state index >= 15 is 0 Å². The molecule has 50 heavy (non-hydrogen) atoms. The van der Waals surface area contributed by atoms with Gasteiger partial charge in [0.25, 0.3) is 11.6 Å². The summed E-state index contributed by atoms with van der Waals surface area (Å²) >= 11 is 0. The van der Waals surface area contributed by atoms with E-state index in [1.165, 1.54) is 14.2 Å². The average molecular weight is 823 g/mol. The van der Waals surface area contributed by atoms with Crippen molar-refractivity contribution in [1.82, 2.24) is 19.9 Å². The monoisotopic (exact) mass is 822 g/mol. The molecule has 4 aromatic rings. The van der Waals surface area contributed by atoms with Gasteiger partial charge in [0.15, 0.2) is 0 Å². The van der Waals surface area contributed by atoms with Crippen molar-refractivity contribution in [2.24, 2.45) is 0 Å². The molecule has 4 heterocycles. The molecular weight excluding hydrogens is 790 g/mol. The molecule has 24 heteroatoms. The van der Waals surface area contributed by atoms with Crippen molar-refractivity contribution in [1.29, 1.82) is 0 Å². The molecule has 0 saturated carbocycles. The number of nitrogens with zero attached hydrogens (tertiary/aromatic N) is 4. The van der Waals surface area contributed by atoms with Gasteiger partial charge < -0.3 is 59.1 Å². The van der Waals surface area contributed by atoms with E-state index < -0.39 is 32.4 Å². The van der Waals surface area contributed by atoms with Crippen LogP contribution in [0.25, 0.3) is 0 Å². The van der Waals surface area contributed by atoms with Gasteiger partial charge in [-0.1, -0.05) is 24.3 Å². The van der Waals surface area contributed by atoms with E-state index in [-0.39, 0.29) is 48.1 Å². The number of hydrogen-bond donors (Lipinski definition) is 4. The summed E-state index contributed by atoms with van der Waals surface area (Å²) in [4.78, 5) is 16.3. The summed E-state index contributed by atoms with van der Waals surface area (Å²) in [7, 11) is -5.49. The zero-order valence-corrected chi connectivity index (χ0v) is 30.9. The number of rotatable bonds is 6. The first-order chi connectivity index (χ1) is 21.5. The Kier molecular flexibility index (Phi) is 36.8. The van der Waals surface area contributed by atoms with Crippen LogP contribution in [-0.4, -0.2) is 104 Å². The van der Waals surface area contributed by atoms with Crippen molar-refractivity contribution in [3.8, 4) is 0 Å². The summed E-state index contributed by atoms with van der Waals surface area (Å²) in [5.41, 5.74) is 1.65. The molecule has 0 fully saturated rings. The number of hydrogen-bond acceptors (Lipinski definition) is 18. The second kappa shape index (κ2) is 31.0. The molecule has 0 aliphatic rings. The van der Waals surface area contributed by atoms with Crippen molar-refractivity contribution < 1.29 is 113 Å². The number of pyridine rings is 4. The van der Waals surface area contributed by atoms with Gasteiger partial charge in [-0.2, -0.15) is 0 Å². The quantitative estimate of drug-likeness (QED) is 0.102. The van der Waals surface area contributed by atoms with Crippen LogP contribution in [-0.2, 0) is 89.9 Å². The van der Waals surface area contributed by atoms with Gasteiger partial charge in [0, 0.05) is 74.0 Å². The van der Waals surface area contributed by atoms with Gasteiger partial charge in [0.2, 0.25) is 0 Å². The van der Waals surface area contributed by atoms with E-state index in [0.29, 0.717) is 22.8 Å². The minimum Gasteiger partial charge on any atom is -2.00 e. The van der Waals surface area contributed by atoms with E-state index in [0.717, 1.165) is 14.2 Å². The van der Waals surface area contributed by atoms with Crippen LogP contribution in [0, 0.1) is 0 Å². The van der Waals surface area contributed by atoms with Gasteiger partial charge in [-0.05, 0) is 48.5 Å². The smallest absolute Gasteiger partial charge is 2.00 e. The Labute approximate surface area is 312 Å². The molecule has 20 nitrogen and oxygen atoms in total. The summed E-state index contributed by atoms with van der Waals surface area (Å²) < 4.78 is 78.4. The first-order valence-corrected chi connectivity index (χ1v) is 14.6. The predicted octanol–water partition coefficient (Wildman–Crippen LogP) is -1.07. The number of aliphatic hydroxyl groups is 4. The summed E-state index contributed by atoms with van der Waals surface area (Å²) in [6.45, 7) is 0. The zero-order valence-electron chi connectivity index (χ0n) is 26.4. The number of aromatic nitrogens is 4. The van der Waals surface area contributed by atoms with E-state index in [1.54, 1.807) is 97.6 Å². The largest absolute Gasteiger partial charge is 4.00 e. The van der Waals surface area contributed by atoms with Crippen LogP contribution in [0.15, 0.2) is 97.6 Å². The molecule has 274 valence electrons. The van der Waals surface area contributed by atoms with Crippen LogP contribution in [0.5, 0.6) is 0 Å². The first kappa shape index (κ1) is 59.3. The minimum atomic E-state index is -5.17. The Hall–Kier alpha value is -2.81. The first-order valence-electron chi connectivity index (χ1n) is 12.0. The zero-order chi connectivity index (χ0) is 35.9. The molecule has 2 radical (unpaired) electrons. The fraction of sp³-hybridized carbons (Fsp3) is 0.231. The normalized spacial score (nSPS) is 9.84.